The fourth-order valence-electron chi connectivity index (χ4n) is 5.11. The quantitative estimate of drug-likeness (QED) is 0.0239. The number of carbonyl (C=O) groups excluding carboxylic acids is 2. The molecule has 0 aliphatic carbocycles. The fourth-order valence-corrected chi connectivity index (χ4v) is 5.90. The Morgan fingerprint density at radius 3 is 1.44 bits per heavy atom. The van der Waals surface area contributed by atoms with Crippen molar-refractivity contribution in [2.45, 2.75) is 167 Å². The van der Waals surface area contributed by atoms with Crippen LogP contribution < -0.4 is 0 Å². The summed E-state index contributed by atoms with van der Waals surface area (Å²) in [4.78, 5) is 34.8. The van der Waals surface area contributed by atoms with Gasteiger partial charge in [-0.05, 0) is 64.2 Å². The maximum absolute atomic E-state index is 12.5. The standard InChI is InChI=1S/C44H75O10P/c1-3-5-7-9-11-13-15-17-19-20-22-24-26-28-30-32-34-36-44(48)54-42(40-53-55(49,50)52-38-41(46)37-45)39-51-43(47)35-33-31-29-27-25-23-21-18-16-14-12-10-8-6-4-2/h13,15,19-20,23-26,29-32,41-42,45-46H,3-12,14,16-18,21-22,27-28,33-40H2,1-2H3,(H,49,50). The minimum absolute atomic E-state index is 0.0495. The number of unbranched alkanes of at least 4 members (excludes halogenated alkanes) is 12. The molecule has 0 radical (unpaired) electrons. The van der Waals surface area contributed by atoms with E-state index in [1.54, 1.807) is 0 Å². The third kappa shape index (κ3) is 39.4. The molecule has 0 aromatic rings. The van der Waals surface area contributed by atoms with Gasteiger partial charge in [-0.1, -0.05) is 151 Å². The van der Waals surface area contributed by atoms with Crippen LogP contribution in [0.15, 0.2) is 72.9 Å². The third-order valence-electron chi connectivity index (χ3n) is 8.36. The van der Waals surface area contributed by atoms with Gasteiger partial charge in [-0.3, -0.25) is 18.6 Å². The molecule has 3 N–H and O–H groups in total. The number of rotatable bonds is 38. The average molecular weight is 795 g/mol. The molecule has 0 fully saturated rings. The molecular formula is C44H75O10P. The highest BCUT2D eigenvalue weighted by molar-refractivity contribution is 7.47. The van der Waals surface area contributed by atoms with Crippen LogP contribution in [0.4, 0.5) is 0 Å². The second-order valence-corrected chi connectivity index (χ2v) is 15.1. The summed E-state index contributed by atoms with van der Waals surface area (Å²) in [6, 6.07) is 0. The van der Waals surface area contributed by atoms with E-state index in [1.165, 1.54) is 77.0 Å². The van der Waals surface area contributed by atoms with Crippen LogP contribution >= 0.6 is 7.82 Å². The summed E-state index contributed by atoms with van der Waals surface area (Å²) in [6.45, 7) is 2.19. The third-order valence-corrected chi connectivity index (χ3v) is 9.31. The largest absolute Gasteiger partial charge is 0.472 e. The highest BCUT2D eigenvalue weighted by Gasteiger charge is 2.27. The molecule has 0 aliphatic rings. The van der Waals surface area contributed by atoms with Gasteiger partial charge in [0.1, 0.15) is 12.7 Å². The molecule has 3 unspecified atom stereocenters. The van der Waals surface area contributed by atoms with E-state index < -0.39 is 51.8 Å². The molecule has 0 saturated carbocycles. The Morgan fingerprint density at radius 2 is 0.945 bits per heavy atom. The van der Waals surface area contributed by atoms with E-state index in [2.05, 4.69) is 67.0 Å². The molecule has 316 valence electrons. The van der Waals surface area contributed by atoms with Crippen molar-refractivity contribution in [3.8, 4) is 0 Å². The molecule has 0 saturated heterocycles. The Labute approximate surface area is 333 Å². The van der Waals surface area contributed by atoms with Gasteiger partial charge in [0.15, 0.2) is 6.10 Å². The molecule has 0 rings (SSSR count). The summed E-state index contributed by atoms with van der Waals surface area (Å²) in [6.07, 6.45) is 44.7. The maximum Gasteiger partial charge on any atom is 0.472 e. The van der Waals surface area contributed by atoms with Crippen LogP contribution in [0, 0.1) is 0 Å². The van der Waals surface area contributed by atoms with Crippen LogP contribution in [0.1, 0.15) is 155 Å². The van der Waals surface area contributed by atoms with Gasteiger partial charge in [-0.15, -0.1) is 0 Å². The van der Waals surface area contributed by atoms with Crippen LogP contribution in [0.2, 0.25) is 0 Å². The van der Waals surface area contributed by atoms with E-state index in [9.17, 15) is 24.2 Å². The van der Waals surface area contributed by atoms with Gasteiger partial charge < -0.3 is 24.6 Å². The molecule has 11 heteroatoms. The van der Waals surface area contributed by atoms with Gasteiger partial charge >= 0.3 is 19.8 Å². The lowest BCUT2D eigenvalue weighted by Crippen LogP contribution is -2.29. The van der Waals surface area contributed by atoms with E-state index in [0.717, 1.165) is 38.5 Å². The predicted octanol–water partition coefficient (Wildman–Crippen LogP) is 10.9. The average Bonchev–Trinajstić information content (AvgIpc) is 3.17. The lowest BCUT2D eigenvalue weighted by atomic mass is 10.1. The molecule has 0 heterocycles. The molecule has 0 spiro atoms. The molecule has 0 aromatic carbocycles. The monoisotopic (exact) mass is 795 g/mol. The van der Waals surface area contributed by atoms with Crippen molar-refractivity contribution in [1.82, 2.24) is 0 Å². The number of esters is 2. The number of hydrogen-bond acceptors (Lipinski definition) is 9. The van der Waals surface area contributed by atoms with Crippen molar-refractivity contribution in [3.05, 3.63) is 72.9 Å². The number of allylic oxidation sites excluding steroid dienone is 12. The van der Waals surface area contributed by atoms with E-state index in [0.29, 0.717) is 12.8 Å². The Kier molecular flexibility index (Phi) is 37.8. The minimum atomic E-state index is -4.65. The number of aliphatic hydroxyl groups excluding tert-OH is 2. The normalized spacial score (nSPS) is 14.6. The number of aliphatic hydroxyl groups is 2. The number of ether oxygens (including phenoxy) is 2. The lowest BCUT2D eigenvalue weighted by molar-refractivity contribution is -0.161. The zero-order chi connectivity index (χ0) is 40.5. The molecule has 3 atom stereocenters. The summed E-state index contributed by atoms with van der Waals surface area (Å²) in [7, 11) is -4.65. The zero-order valence-corrected chi connectivity index (χ0v) is 35.0. The number of phosphoric acid groups is 1. The van der Waals surface area contributed by atoms with E-state index >= 15 is 0 Å². The maximum atomic E-state index is 12.5. The number of hydrogen-bond donors (Lipinski definition) is 3. The number of carbonyl (C=O) groups is 2. The Bertz CT molecular complexity index is 1140. The van der Waals surface area contributed by atoms with Crippen molar-refractivity contribution in [2.24, 2.45) is 0 Å². The van der Waals surface area contributed by atoms with Crippen molar-refractivity contribution in [1.29, 1.82) is 0 Å². The Morgan fingerprint density at radius 1 is 0.545 bits per heavy atom. The smallest absolute Gasteiger partial charge is 0.462 e. The van der Waals surface area contributed by atoms with Gasteiger partial charge in [0.05, 0.1) is 19.8 Å². The first kappa shape index (κ1) is 52.4. The molecule has 55 heavy (non-hydrogen) atoms. The lowest BCUT2D eigenvalue weighted by Gasteiger charge is -2.20. The van der Waals surface area contributed by atoms with Gasteiger partial charge in [0.25, 0.3) is 0 Å². The van der Waals surface area contributed by atoms with Crippen LogP contribution in [0.5, 0.6) is 0 Å². The van der Waals surface area contributed by atoms with Crippen molar-refractivity contribution < 1.29 is 47.8 Å². The fraction of sp³-hybridized carbons (Fsp3) is 0.682. The van der Waals surface area contributed by atoms with Crippen LogP contribution in [-0.4, -0.2) is 65.7 Å². The predicted molar refractivity (Wildman–Crippen MR) is 223 cm³/mol. The number of phosphoric ester groups is 1. The SMILES string of the molecule is CCCCCCC=CCC=CCC=CCC=CCCC(=O)OC(COC(=O)CCC=CCC=CCCCCCCCCCC)COP(=O)(O)OCC(O)CO. The molecular weight excluding hydrogens is 719 g/mol. The van der Waals surface area contributed by atoms with E-state index in [-0.39, 0.29) is 19.4 Å². The molecule has 10 nitrogen and oxygen atoms in total. The van der Waals surface area contributed by atoms with Crippen LogP contribution in [0.25, 0.3) is 0 Å². The molecule has 0 aliphatic heterocycles. The first-order valence-electron chi connectivity index (χ1n) is 20.9. The zero-order valence-electron chi connectivity index (χ0n) is 34.1. The first-order valence-corrected chi connectivity index (χ1v) is 22.4. The van der Waals surface area contributed by atoms with E-state index in [1.807, 2.05) is 24.3 Å². The summed E-state index contributed by atoms with van der Waals surface area (Å²) in [5.41, 5.74) is 0. The van der Waals surface area contributed by atoms with Gasteiger partial charge in [-0.2, -0.15) is 0 Å². The molecule has 0 aromatic heterocycles. The molecule has 0 amide bonds. The second kappa shape index (κ2) is 39.6. The highest BCUT2D eigenvalue weighted by Crippen LogP contribution is 2.43. The van der Waals surface area contributed by atoms with Gasteiger partial charge in [-0.25, -0.2) is 4.57 Å². The van der Waals surface area contributed by atoms with Crippen LogP contribution in [-0.2, 0) is 32.7 Å². The van der Waals surface area contributed by atoms with Crippen molar-refractivity contribution >= 4 is 19.8 Å². The topological polar surface area (TPSA) is 149 Å². The second-order valence-electron chi connectivity index (χ2n) is 13.7. The van der Waals surface area contributed by atoms with Gasteiger partial charge in [0.2, 0.25) is 0 Å². The van der Waals surface area contributed by atoms with E-state index in [4.69, 9.17) is 19.1 Å². The van der Waals surface area contributed by atoms with Crippen LogP contribution in [0.3, 0.4) is 0 Å². The summed E-state index contributed by atoms with van der Waals surface area (Å²) in [5.74, 6) is -1.10. The molecule has 0 bridgehead atoms. The Hall–Kier alpha value is -2.59. The first-order chi connectivity index (χ1) is 26.7. The highest BCUT2D eigenvalue weighted by atomic mass is 31.2. The summed E-state index contributed by atoms with van der Waals surface area (Å²) < 4.78 is 32.5. The van der Waals surface area contributed by atoms with Crippen molar-refractivity contribution in [3.63, 3.8) is 0 Å². The minimum Gasteiger partial charge on any atom is -0.462 e. The van der Waals surface area contributed by atoms with Crippen molar-refractivity contribution in [2.75, 3.05) is 26.4 Å². The summed E-state index contributed by atoms with van der Waals surface area (Å²) in [5, 5.41) is 18.3. The van der Waals surface area contributed by atoms with Gasteiger partial charge in [0, 0.05) is 12.8 Å². The summed E-state index contributed by atoms with van der Waals surface area (Å²) >= 11 is 0. The Balaban J connectivity index is 4.53.